The highest BCUT2D eigenvalue weighted by Gasteiger charge is 2.33. The van der Waals surface area contributed by atoms with Crippen LogP contribution in [0.25, 0.3) is 11.1 Å². The highest BCUT2D eigenvalue weighted by Crippen LogP contribution is 2.32. The second-order valence-electron chi connectivity index (χ2n) is 5.28. The van der Waals surface area contributed by atoms with E-state index in [9.17, 15) is 8.42 Å². The molecule has 0 radical (unpaired) electrons. The van der Waals surface area contributed by atoms with Gasteiger partial charge in [0.1, 0.15) is 5.25 Å². The Morgan fingerprint density at radius 1 is 0.955 bits per heavy atom. The molecule has 116 valence electrons. The minimum absolute atomic E-state index is 0.417. The standard InChI is InChI=1S/C16H19N3O2S/c1-19(22(20,21)14-11-17-18-12-14)16-10-6-5-9-15(16)13-7-3-2-4-8-13/h2-10,14,17-18H,11-12H2,1H3. The van der Waals surface area contributed by atoms with E-state index in [1.807, 2.05) is 54.6 Å². The van der Waals surface area contributed by atoms with Gasteiger partial charge in [0.15, 0.2) is 0 Å². The number of nitrogens with zero attached hydrogens (tertiary/aromatic N) is 1. The lowest BCUT2D eigenvalue weighted by atomic mass is 10.0. The average Bonchev–Trinajstić information content (AvgIpc) is 3.10. The van der Waals surface area contributed by atoms with E-state index in [-0.39, 0.29) is 0 Å². The summed E-state index contributed by atoms with van der Waals surface area (Å²) in [6.45, 7) is 0.834. The lowest BCUT2D eigenvalue weighted by Gasteiger charge is -2.25. The molecule has 0 saturated carbocycles. The highest BCUT2D eigenvalue weighted by molar-refractivity contribution is 7.93. The quantitative estimate of drug-likeness (QED) is 0.899. The Labute approximate surface area is 131 Å². The fourth-order valence-corrected chi connectivity index (χ4v) is 4.09. The Balaban J connectivity index is 2.02. The molecule has 5 nitrogen and oxygen atoms in total. The van der Waals surface area contributed by atoms with E-state index in [1.165, 1.54) is 4.31 Å². The monoisotopic (exact) mass is 317 g/mol. The summed E-state index contributed by atoms with van der Waals surface area (Å²) in [6.07, 6.45) is 0. The van der Waals surface area contributed by atoms with Gasteiger partial charge in [0, 0.05) is 25.7 Å². The molecule has 1 aliphatic rings. The van der Waals surface area contributed by atoms with E-state index >= 15 is 0 Å². The first-order valence-corrected chi connectivity index (χ1v) is 8.69. The molecule has 2 N–H and O–H groups in total. The number of hydrogen-bond donors (Lipinski definition) is 2. The number of hydrazine groups is 1. The van der Waals surface area contributed by atoms with Crippen LogP contribution in [0.15, 0.2) is 54.6 Å². The van der Waals surface area contributed by atoms with Crippen LogP contribution >= 0.6 is 0 Å². The maximum Gasteiger partial charge on any atom is 0.240 e. The molecule has 22 heavy (non-hydrogen) atoms. The maximum absolute atomic E-state index is 12.8. The van der Waals surface area contributed by atoms with Crippen molar-refractivity contribution in [2.45, 2.75) is 5.25 Å². The zero-order chi connectivity index (χ0) is 15.6. The first-order chi connectivity index (χ1) is 10.6. The normalized spacial score (nSPS) is 15.9. The lowest BCUT2D eigenvalue weighted by molar-refractivity contribution is 0.583. The van der Waals surface area contributed by atoms with Crippen LogP contribution in [-0.2, 0) is 10.0 Å². The van der Waals surface area contributed by atoms with Gasteiger partial charge in [0.05, 0.1) is 5.69 Å². The maximum atomic E-state index is 12.8. The van der Waals surface area contributed by atoms with Crippen LogP contribution in [-0.4, -0.2) is 33.8 Å². The van der Waals surface area contributed by atoms with Crippen molar-refractivity contribution < 1.29 is 8.42 Å². The van der Waals surface area contributed by atoms with E-state index < -0.39 is 15.3 Å². The fraction of sp³-hybridized carbons (Fsp3) is 0.250. The molecule has 0 bridgehead atoms. The van der Waals surface area contributed by atoms with E-state index in [2.05, 4.69) is 10.9 Å². The first kappa shape index (κ1) is 15.0. The van der Waals surface area contributed by atoms with Gasteiger partial charge in [-0.2, -0.15) is 0 Å². The van der Waals surface area contributed by atoms with Gasteiger partial charge in [0.2, 0.25) is 10.0 Å². The minimum Gasteiger partial charge on any atom is -0.272 e. The Kier molecular flexibility index (Phi) is 4.15. The summed E-state index contributed by atoms with van der Waals surface area (Å²) in [5.74, 6) is 0. The molecule has 2 aromatic rings. The van der Waals surface area contributed by atoms with Gasteiger partial charge in [0.25, 0.3) is 0 Å². The lowest BCUT2D eigenvalue weighted by Crippen LogP contribution is -2.39. The summed E-state index contributed by atoms with van der Waals surface area (Å²) in [5.41, 5.74) is 8.36. The third-order valence-corrected chi connectivity index (χ3v) is 6.05. The molecule has 3 rings (SSSR count). The number of para-hydroxylation sites is 1. The number of anilines is 1. The largest absolute Gasteiger partial charge is 0.272 e. The van der Waals surface area contributed by atoms with Crippen LogP contribution in [0.5, 0.6) is 0 Å². The summed E-state index contributed by atoms with van der Waals surface area (Å²) >= 11 is 0. The van der Waals surface area contributed by atoms with Gasteiger partial charge in [-0.1, -0.05) is 48.5 Å². The molecule has 1 heterocycles. The van der Waals surface area contributed by atoms with Crippen LogP contribution in [0.2, 0.25) is 0 Å². The highest BCUT2D eigenvalue weighted by atomic mass is 32.2. The van der Waals surface area contributed by atoms with Crippen LogP contribution in [0.1, 0.15) is 0 Å². The molecule has 0 aromatic heterocycles. The number of hydrogen-bond acceptors (Lipinski definition) is 4. The average molecular weight is 317 g/mol. The van der Waals surface area contributed by atoms with Gasteiger partial charge in [-0.05, 0) is 11.6 Å². The van der Waals surface area contributed by atoms with Crippen LogP contribution in [0, 0.1) is 0 Å². The van der Waals surface area contributed by atoms with E-state index in [0.717, 1.165) is 11.1 Å². The van der Waals surface area contributed by atoms with Crippen molar-refractivity contribution in [3.63, 3.8) is 0 Å². The second kappa shape index (κ2) is 6.08. The minimum atomic E-state index is -3.41. The zero-order valence-corrected chi connectivity index (χ0v) is 13.2. The molecule has 6 heteroatoms. The molecular formula is C16H19N3O2S. The van der Waals surface area contributed by atoms with Gasteiger partial charge in [-0.3, -0.25) is 15.2 Å². The summed E-state index contributed by atoms with van der Waals surface area (Å²) in [4.78, 5) is 0. The molecule has 1 aliphatic heterocycles. The summed E-state index contributed by atoms with van der Waals surface area (Å²) < 4.78 is 26.9. The number of rotatable bonds is 4. The third kappa shape index (κ3) is 2.72. The topological polar surface area (TPSA) is 61.4 Å². The van der Waals surface area contributed by atoms with E-state index in [0.29, 0.717) is 18.8 Å². The number of sulfonamides is 1. The van der Waals surface area contributed by atoms with Crippen molar-refractivity contribution in [3.05, 3.63) is 54.6 Å². The molecule has 1 saturated heterocycles. The van der Waals surface area contributed by atoms with Crippen molar-refractivity contribution in [1.29, 1.82) is 0 Å². The number of nitrogens with one attached hydrogen (secondary N) is 2. The van der Waals surface area contributed by atoms with Crippen molar-refractivity contribution in [3.8, 4) is 11.1 Å². The molecule has 0 amide bonds. The Hall–Kier alpha value is -1.89. The molecule has 0 spiro atoms. The molecule has 0 atom stereocenters. The molecule has 2 aromatic carbocycles. The molecule has 0 aliphatic carbocycles. The summed E-state index contributed by atoms with van der Waals surface area (Å²) in [6, 6.07) is 17.4. The van der Waals surface area contributed by atoms with Crippen molar-refractivity contribution in [2.75, 3.05) is 24.4 Å². The van der Waals surface area contributed by atoms with Crippen LogP contribution < -0.4 is 15.2 Å². The van der Waals surface area contributed by atoms with Crippen molar-refractivity contribution in [2.24, 2.45) is 0 Å². The van der Waals surface area contributed by atoms with E-state index in [4.69, 9.17) is 0 Å². The van der Waals surface area contributed by atoms with Gasteiger partial charge in [-0.25, -0.2) is 8.42 Å². The van der Waals surface area contributed by atoms with Crippen LogP contribution in [0.4, 0.5) is 5.69 Å². The van der Waals surface area contributed by atoms with Gasteiger partial charge < -0.3 is 0 Å². The van der Waals surface area contributed by atoms with E-state index in [1.54, 1.807) is 7.05 Å². The Morgan fingerprint density at radius 3 is 2.23 bits per heavy atom. The smallest absolute Gasteiger partial charge is 0.240 e. The number of benzene rings is 2. The SMILES string of the molecule is CN(c1ccccc1-c1ccccc1)S(=O)(=O)C1CNNC1. The third-order valence-electron chi connectivity index (χ3n) is 3.92. The molecule has 1 fully saturated rings. The van der Waals surface area contributed by atoms with Gasteiger partial charge in [-0.15, -0.1) is 0 Å². The first-order valence-electron chi connectivity index (χ1n) is 7.18. The fourth-order valence-electron chi connectivity index (χ4n) is 2.63. The molecular weight excluding hydrogens is 298 g/mol. The Bertz CT molecular complexity index is 741. The van der Waals surface area contributed by atoms with Gasteiger partial charge >= 0.3 is 0 Å². The second-order valence-corrected chi connectivity index (χ2v) is 7.52. The predicted molar refractivity (Wildman–Crippen MR) is 89.0 cm³/mol. The van der Waals surface area contributed by atoms with Crippen LogP contribution in [0.3, 0.4) is 0 Å². The van der Waals surface area contributed by atoms with Crippen molar-refractivity contribution >= 4 is 15.7 Å². The summed E-state index contributed by atoms with van der Waals surface area (Å²) in [5, 5.41) is -0.457. The predicted octanol–water partition coefficient (Wildman–Crippen LogP) is 1.60. The summed E-state index contributed by atoms with van der Waals surface area (Å²) in [7, 11) is -1.79. The Morgan fingerprint density at radius 2 is 1.55 bits per heavy atom. The zero-order valence-electron chi connectivity index (χ0n) is 12.4. The molecule has 0 unspecified atom stereocenters. The van der Waals surface area contributed by atoms with Crippen molar-refractivity contribution in [1.82, 2.24) is 10.9 Å².